The molecule has 1 aromatic rings. The van der Waals surface area contributed by atoms with Crippen molar-refractivity contribution >= 4 is 5.91 Å². The van der Waals surface area contributed by atoms with Crippen LogP contribution in [-0.4, -0.2) is 83.7 Å². The Morgan fingerprint density at radius 3 is 2.46 bits per heavy atom. The Balaban J connectivity index is 1.56. The monoisotopic (exact) mass is 389 g/mol. The Morgan fingerprint density at radius 1 is 1.14 bits per heavy atom. The number of benzene rings is 1. The van der Waals surface area contributed by atoms with Crippen LogP contribution in [0.5, 0.6) is 5.75 Å². The van der Waals surface area contributed by atoms with E-state index >= 15 is 0 Å². The lowest BCUT2D eigenvalue weighted by molar-refractivity contribution is -0.130. The van der Waals surface area contributed by atoms with Crippen molar-refractivity contribution in [3.63, 3.8) is 0 Å². The average molecular weight is 390 g/mol. The Hall–Kier alpha value is -1.63. The van der Waals surface area contributed by atoms with Crippen LogP contribution in [0.25, 0.3) is 0 Å². The largest absolute Gasteiger partial charge is 0.494 e. The van der Waals surface area contributed by atoms with Gasteiger partial charge in [0.25, 0.3) is 0 Å². The fourth-order valence-corrected chi connectivity index (χ4v) is 4.52. The molecule has 0 radical (unpaired) electrons. The molecule has 0 unspecified atom stereocenters. The van der Waals surface area contributed by atoms with E-state index in [0.717, 1.165) is 64.3 Å². The summed E-state index contributed by atoms with van der Waals surface area (Å²) < 4.78 is 5.54. The van der Waals surface area contributed by atoms with Gasteiger partial charge < -0.3 is 14.7 Å². The van der Waals surface area contributed by atoms with Gasteiger partial charge in [-0.15, -0.1) is 0 Å². The quantitative estimate of drug-likeness (QED) is 0.773. The zero-order chi connectivity index (χ0) is 19.9. The van der Waals surface area contributed by atoms with E-state index in [1.807, 2.05) is 24.0 Å². The summed E-state index contributed by atoms with van der Waals surface area (Å²) in [5.74, 6) is 1.11. The zero-order valence-electron chi connectivity index (χ0n) is 17.3. The van der Waals surface area contributed by atoms with Crippen LogP contribution in [0.4, 0.5) is 0 Å². The van der Waals surface area contributed by atoms with Crippen molar-refractivity contribution in [2.24, 2.45) is 0 Å². The first-order valence-corrected chi connectivity index (χ1v) is 10.7. The van der Waals surface area contributed by atoms with Crippen LogP contribution < -0.4 is 4.74 Å². The number of piperidine rings is 1. The highest BCUT2D eigenvalue weighted by Crippen LogP contribution is 2.23. The number of aliphatic hydroxyl groups excluding tert-OH is 1. The molecule has 2 heterocycles. The molecule has 1 N–H and O–H groups in total. The molecule has 0 bridgehead atoms. The highest BCUT2D eigenvalue weighted by molar-refractivity contribution is 5.73. The SMILES string of the molecule is CCOc1ccc(CN2CCN(C3CCN(C(C)=O)CC3)C[C@H]2CCO)cc1. The molecular formula is C22H35N3O3. The number of piperazine rings is 1. The molecule has 1 atom stereocenters. The third-order valence-electron chi connectivity index (χ3n) is 6.14. The van der Waals surface area contributed by atoms with Gasteiger partial charge in [0.15, 0.2) is 0 Å². The number of rotatable bonds is 7. The van der Waals surface area contributed by atoms with E-state index in [-0.39, 0.29) is 12.5 Å². The Labute approximate surface area is 169 Å². The van der Waals surface area contributed by atoms with Gasteiger partial charge in [0.1, 0.15) is 5.75 Å². The highest BCUT2D eigenvalue weighted by Gasteiger charge is 2.32. The molecule has 6 nitrogen and oxygen atoms in total. The summed E-state index contributed by atoms with van der Waals surface area (Å²) in [6.45, 7) is 10.3. The van der Waals surface area contributed by atoms with Crippen molar-refractivity contribution in [3.8, 4) is 5.75 Å². The highest BCUT2D eigenvalue weighted by atomic mass is 16.5. The van der Waals surface area contributed by atoms with Crippen LogP contribution in [-0.2, 0) is 11.3 Å². The van der Waals surface area contributed by atoms with Gasteiger partial charge in [-0.3, -0.25) is 14.6 Å². The van der Waals surface area contributed by atoms with E-state index in [1.54, 1.807) is 6.92 Å². The summed E-state index contributed by atoms with van der Waals surface area (Å²) in [6, 6.07) is 9.30. The van der Waals surface area contributed by atoms with Crippen molar-refractivity contribution < 1.29 is 14.6 Å². The van der Waals surface area contributed by atoms with Gasteiger partial charge in [-0.2, -0.15) is 0 Å². The minimum Gasteiger partial charge on any atom is -0.494 e. The molecule has 2 aliphatic heterocycles. The van der Waals surface area contributed by atoms with Crippen LogP contribution in [0.3, 0.4) is 0 Å². The van der Waals surface area contributed by atoms with Crippen molar-refractivity contribution in [2.75, 3.05) is 45.9 Å². The number of hydrogen-bond acceptors (Lipinski definition) is 5. The van der Waals surface area contributed by atoms with Crippen molar-refractivity contribution in [1.82, 2.24) is 14.7 Å². The fourth-order valence-electron chi connectivity index (χ4n) is 4.52. The predicted octanol–water partition coefficient (Wildman–Crippen LogP) is 1.96. The zero-order valence-corrected chi connectivity index (χ0v) is 17.3. The molecular weight excluding hydrogens is 354 g/mol. The molecule has 0 spiro atoms. The number of hydrogen-bond donors (Lipinski definition) is 1. The predicted molar refractivity (Wildman–Crippen MR) is 110 cm³/mol. The number of carbonyl (C=O) groups is 1. The molecule has 0 aliphatic carbocycles. The summed E-state index contributed by atoms with van der Waals surface area (Å²) in [5.41, 5.74) is 1.29. The van der Waals surface area contributed by atoms with Gasteiger partial charge in [0, 0.05) is 64.9 Å². The third-order valence-corrected chi connectivity index (χ3v) is 6.14. The number of ether oxygens (including phenoxy) is 1. The molecule has 1 aromatic carbocycles. The van der Waals surface area contributed by atoms with E-state index in [9.17, 15) is 9.90 Å². The lowest BCUT2D eigenvalue weighted by atomic mass is 9.99. The third kappa shape index (κ3) is 5.46. The number of amides is 1. The van der Waals surface area contributed by atoms with Crippen LogP contribution in [0, 0.1) is 0 Å². The summed E-state index contributed by atoms with van der Waals surface area (Å²) in [5, 5.41) is 9.58. The lowest BCUT2D eigenvalue weighted by Gasteiger charge is -2.46. The maximum absolute atomic E-state index is 11.6. The second kappa shape index (κ2) is 10.2. The van der Waals surface area contributed by atoms with Crippen molar-refractivity contribution in [1.29, 1.82) is 0 Å². The maximum Gasteiger partial charge on any atom is 0.219 e. The summed E-state index contributed by atoms with van der Waals surface area (Å²) >= 11 is 0. The molecule has 0 aromatic heterocycles. The van der Waals surface area contributed by atoms with Crippen molar-refractivity contribution in [2.45, 2.75) is 51.7 Å². The molecule has 0 saturated carbocycles. The topological polar surface area (TPSA) is 56.2 Å². The van der Waals surface area contributed by atoms with Gasteiger partial charge >= 0.3 is 0 Å². The van der Waals surface area contributed by atoms with E-state index < -0.39 is 0 Å². The molecule has 28 heavy (non-hydrogen) atoms. The molecule has 2 saturated heterocycles. The van der Waals surface area contributed by atoms with Gasteiger partial charge in [-0.1, -0.05) is 12.1 Å². The first kappa shape index (κ1) is 21.1. The summed E-state index contributed by atoms with van der Waals surface area (Å²) in [4.78, 5) is 18.6. The van der Waals surface area contributed by atoms with E-state index in [0.29, 0.717) is 18.7 Å². The number of aliphatic hydroxyl groups is 1. The standard InChI is InChI=1S/C22H35N3O3/c1-3-28-22-6-4-19(5-7-22)16-24-13-14-25(17-21(24)10-15-26)20-8-11-23(12-9-20)18(2)27/h4-7,20-21,26H,3,8-17H2,1-2H3/t21-/m1/s1. The van der Waals surface area contributed by atoms with Gasteiger partial charge in [0.2, 0.25) is 5.91 Å². The molecule has 1 amide bonds. The Morgan fingerprint density at radius 2 is 1.86 bits per heavy atom. The minimum atomic E-state index is 0.191. The molecule has 2 fully saturated rings. The van der Waals surface area contributed by atoms with Gasteiger partial charge in [0.05, 0.1) is 6.61 Å². The minimum absolute atomic E-state index is 0.191. The number of carbonyl (C=O) groups excluding carboxylic acids is 1. The van der Waals surface area contributed by atoms with Crippen LogP contribution in [0.1, 0.15) is 38.7 Å². The van der Waals surface area contributed by atoms with Gasteiger partial charge in [-0.05, 0) is 43.9 Å². The molecule has 2 aliphatic rings. The maximum atomic E-state index is 11.6. The molecule has 156 valence electrons. The average Bonchev–Trinajstić information content (AvgIpc) is 2.71. The van der Waals surface area contributed by atoms with Crippen LogP contribution in [0.15, 0.2) is 24.3 Å². The second-order valence-electron chi connectivity index (χ2n) is 7.95. The first-order valence-electron chi connectivity index (χ1n) is 10.7. The molecule has 3 rings (SSSR count). The normalized spacial score (nSPS) is 22.4. The smallest absolute Gasteiger partial charge is 0.219 e. The van der Waals surface area contributed by atoms with Crippen LogP contribution in [0.2, 0.25) is 0 Å². The first-order chi connectivity index (χ1) is 13.6. The van der Waals surface area contributed by atoms with E-state index in [1.165, 1.54) is 5.56 Å². The summed E-state index contributed by atoms with van der Waals surface area (Å²) in [6.07, 6.45) is 2.93. The van der Waals surface area contributed by atoms with Crippen molar-refractivity contribution in [3.05, 3.63) is 29.8 Å². The van der Waals surface area contributed by atoms with E-state index in [2.05, 4.69) is 21.9 Å². The van der Waals surface area contributed by atoms with E-state index in [4.69, 9.17) is 4.74 Å². The molecule has 6 heteroatoms. The summed E-state index contributed by atoms with van der Waals surface area (Å²) in [7, 11) is 0. The Bertz CT molecular complexity index is 614. The fraction of sp³-hybridized carbons (Fsp3) is 0.682. The second-order valence-corrected chi connectivity index (χ2v) is 7.95. The number of nitrogens with zero attached hydrogens (tertiary/aromatic N) is 3. The lowest BCUT2D eigenvalue weighted by Crippen LogP contribution is -2.57. The van der Waals surface area contributed by atoms with Gasteiger partial charge in [-0.25, -0.2) is 0 Å². The Kier molecular flexibility index (Phi) is 7.71. The number of likely N-dealkylation sites (tertiary alicyclic amines) is 1. The van der Waals surface area contributed by atoms with Crippen LogP contribution >= 0.6 is 0 Å².